The summed E-state index contributed by atoms with van der Waals surface area (Å²) in [5.74, 6) is 0.0996. The van der Waals surface area contributed by atoms with Crippen molar-refractivity contribution in [2.24, 2.45) is 0 Å². The van der Waals surface area contributed by atoms with Gasteiger partial charge in [0.15, 0.2) is 0 Å². The van der Waals surface area contributed by atoms with E-state index in [2.05, 4.69) is 25.3 Å². The lowest BCUT2D eigenvalue weighted by Gasteiger charge is -2.01. The Kier molecular flexibility index (Phi) is 2.01. The van der Waals surface area contributed by atoms with Gasteiger partial charge >= 0.3 is 0 Å². The highest BCUT2D eigenvalue weighted by molar-refractivity contribution is 7.81. The summed E-state index contributed by atoms with van der Waals surface area (Å²) in [6, 6.07) is 3.02. The zero-order valence-corrected chi connectivity index (χ0v) is 6.86. The topological polar surface area (TPSA) is 46.2 Å². The molecule has 3 N–H and O–H groups in total. The van der Waals surface area contributed by atoms with E-state index in [0.29, 0.717) is 15.5 Å². The lowest BCUT2D eigenvalue weighted by Crippen LogP contribution is -1.86. The highest BCUT2D eigenvalue weighted by Gasteiger charge is 1.99. The molecule has 0 spiro atoms. The largest absolute Gasteiger partial charge is 0.507 e. The Hall–Kier alpha value is -0.480. The number of phenols is 1. The van der Waals surface area contributed by atoms with Crippen molar-refractivity contribution in [2.45, 2.75) is 9.79 Å². The van der Waals surface area contributed by atoms with Crippen LogP contribution in [0.3, 0.4) is 0 Å². The van der Waals surface area contributed by atoms with E-state index < -0.39 is 0 Å². The van der Waals surface area contributed by atoms with Crippen LogP contribution in [-0.2, 0) is 0 Å². The summed E-state index contributed by atoms with van der Waals surface area (Å²) in [6.45, 7) is 0. The first-order valence-electron chi connectivity index (χ1n) is 2.61. The molecule has 0 bridgehead atoms. The van der Waals surface area contributed by atoms with E-state index >= 15 is 0 Å². The number of phenolic OH excluding ortho intramolecular Hbond substituents is 1. The Labute approximate surface area is 69.9 Å². The molecular formula is C6H7NOS2. The van der Waals surface area contributed by atoms with Crippen molar-refractivity contribution in [3.63, 3.8) is 0 Å². The van der Waals surface area contributed by atoms with Gasteiger partial charge < -0.3 is 10.8 Å². The molecule has 0 aliphatic carbocycles. The van der Waals surface area contributed by atoms with Crippen molar-refractivity contribution in [3.05, 3.63) is 12.1 Å². The molecular weight excluding hydrogens is 166 g/mol. The molecule has 0 fully saturated rings. The summed E-state index contributed by atoms with van der Waals surface area (Å²) in [5, 5.41) is 9.04. The summed E-state index contributed by atoms with van der Waals surface area (Å²) in [5.41, 5.74) is 5.97. The number of benzene rings is 1. The van der Waals surface area contributed by atoms with E-state index in [1.165, 1.54) is 6.07 Å². The van der Waals surface area contributed by atoms with Crippen LogP contribution in [-0.4, -0.2) is 5.11 Å². The fraction of sp³-hybridized carbons (Fsp3) is 0. The van der Waals surface area contributed by atoms with Gasteiger partial charge in [0.05, 0.1) is 0 Å². The number of anilines is 1. The first-order chi connectivity index (χ1) is 4.61. The van der Waals surface area contributed by atoms with Gasteiger partial charge in [-0.05, 0) is 12.1 Å². The third-order valence-corrected chi connectivity index (χ3v) is 1.87. The Morgan fingerprint density at radius 1 is 1.20 bits per heavy atom. The molecule has 10 heavy (non-hydrogen) atoms. The standard InChI is InChI=1S/C6H7NOS2/c7-3-1-6(10)4(8)2-5(3)9/h1-2,8-10H,7H2. The van der Waals surface area contributed by atoms with Crippen molar-refractivity contribution in [1.82, 2.24) is 0 Å². The molecule has 0 aliphatic heterocycles. The number of rotatable bonds is 0. The predicted molar refractivity (Wildman–Crippen MR) is 47.0 cm³/mol. The van der Waals surface area contributed by atoms with E-state index in [1.807, 2.05) is 0 Å². The predicted octanol–water partition coefficient (Wildman–Crippen LogP) is 1.55. The number of hydrogen-bond acceptors (Lipinski definition) is 4. The third-order valence-electron chi connectivity index (χ3n) is 1.12. The van der Waals surface area contributed by atoms with Gasteiger partial charge in [0.1, 0.15) is 5.75 Å². The molecule has 0 aliphatic rings. The maximum atomic E-state index is 9.04. The Balaban J connectivity index is 3.28. The number of aromatic hydroxyl groups is 1. The fourth-order valence-corrected chi connectivity index (χ4v) is 0.972. The second kappa shape index (κ2) is 2.64. The van der Waals surface area contributed by atoms with Crippen molar-refractivity contribution in [1.29, 1.82) is 0 Å². The molecule has 2 nitrogen and oxygen atoms in total. The van der Waals surface area contributed by atoms with E-state index in [4.69, 9.17) is 10.8 Å². The van der Waals surface area contributed by atoms with Crippen LogP contribution in [0.4, 0.5) is 5.69 Å². The van der Waals surface area contributed by atoms with Gasteiger partial charge in [-0.3, -0.25) is 0 Å². The van der Waals surface area contributed by atoms with Crippen LogP contribution in [0, 0.1) is 0 Å². The van der Waals surface area contributed by atoms with Crippen LogP contribution < -0.4 is 5.73 Å². The van der Waals surface area contributed by atoms with Crippen LogP contribution in [0.15, 0.2) is 21.9 Å². The molecule has 1 aromatic carbocycles. The van der Waals surface area contributed by atoms with Gasteiger partial charge in [-0.25, -0.2) is 0 Å². The van der Waals surface area contributed by atoms with Crippen LogP contribution in [0.2, 0.25) is 0 Å². The molecule has 54 valence electrons. The zero-order chi connectivity index (χ0) is 7.72. The Morgan fingerprint density at radius 2 is 1.80 bits per heavy atom. The minimum Gasteiger partial charge on any atom is -0.507 e. The maximum absolute atomic E-state index is 9.04. The van der Waals surface area contributed by atoms with Crippen molar-refractivity contribution in [2.75, 3.05) is 5.73 Å². The van der Waals surface area contributed by atoms with Gasteiger partial charge in [-0.2, -0.15) is 0 Å². The average molecular weight is 173 g/mol. The summed E-state index contributed by atoms with van der Waals surface area (Å²) in [6.07, 6.45) is 0. The fourth-order valence-electron chi connectivity index (χ4n) is 0.582. The lowest BCUT2D eigenvalue weighted by molar-refractivity contribution is 0.461. The molecule has 0 aromatic heterocycles. The van der Waals surface area contributed by atoms with Crippen molar-refractivity contribution < 1.29 is 5.11 Å². The maximum Gasteiger partial charge on any atom is 0.130 e. The van der Waals surface area contributed by atoms with Crippen molar-refractivity contribution in [3.8, 4) is 5.75 Å². The Bertz CT molecular complexity index is 212. The highest BCUT2D eigenvalue weighted by atomic mass is 32.1. The summed E-state index contributed by atoms with van der Waals surface area (Å²) in [4.78, 5) is 1.03. The second-order valence-corrected chi connectivity index (χ2v) is 2.86. The molecule has 0 saturated carbocycles. The van der Waals surface area contributed by atoms with Gasteiger partial charge in [-0.15, -0.1) is 25.3 Å². The molecule has 0 saturated heterocycles. The summed E-state index contributed by atoms with van der Waals surface area (Å²) >= 11 is 7.95. The van der Waals surface area contributed by atoms with E-state index in [1.54, 1.807) is 6.07 Å². The van der Waals surface area contributed by atoms with Crippen LogP contribution in [0.1, 0.15) is 0 Å². The molecule has 1 rings (SSSR count). The first kappa shape index (κ1) is 7.63. The monoisotopic (exact) mass is 173 g/mol. The summed E-state index contributed by atoms with van der Waals surface area (Å²) in [7, 11) is 0. The van der Waals surface area contributed by atoms with E-state index in [9.17, 15) is 0 Å². The molecule has 1 aromatic rings. The molecule has 4 heteroatoms. The minimum absolute atomic E-state index is 0.0996. The van der Waals surface area contributed by atoms with E-state index in [0.717, 1.165) is 0 Å². The SMILES string of the molecule is Nc1cc(S)c(O)cc1S. The lowest BCUT2D eigenvalue weighted by atomic mass is 10.3. The minimum atomic E-state index is 0.0996. The van der Waals surface area contributed by atoms with Crippen LogP contribution in [0.5, 0.6) is 5.75 Å². The molecule has 0 unspecified atom stereocenters. The molecule has 0 atom stereocenters. The number of hydrogen-bond donors (Lipinski definition) is 4. The Morgan fingerprint density at radius 3 is 2.30 bits per heavy atom. The highest BCUT2D eigenvalue weighted by Crippen LogP contribution is 2.28. The van der Waals surface area contributed by atoms with Gasteiger partial charge in [0, 0.05) is 15.5 Å². The van der Waals surface area contributed by atoms with Crippen LogP contribution >= 0.6 is 25.3 Å². The van der Waals surface area contributed by atoms with Gasteiger partial charge in [0.25, 0.3) is 0 Å². The van der Waals surface area contributed by atoms with Crippen LogP contribution in [0.25, 0.3) is 0 Å². The second-order valence-electron chi connectivity index (χ2n) is 1.90. The number of thiol groups is 2. The molecule has 0 radical (unpaired) electrons. The summed E-state index contributed by atoms with van der Waals surface area (Å²) < 4.78 is 0. The smallest absolute Gasteiger partial charge is 0.130 e. The molecule has 0 heterocycles. The average Bonchev–Trinajstić information content (AvgIpc) is 1.84. The van der Waals surface area contributed by atoms with Crippen molar-refractivity contribution >= 4 is 30.9 Å². The molecule has 0 amide bonds. The first-order valence-corrected chi connectivity index (χ1v) is 3.51. The quantitative estimate of drug-likeness (QED) is 0.273. The van der Waals surface area contributed by atoms with Gasteiger partial charge in [0.2, 0.25) is 0 Å². The van der Waals surface area contributed by atoms with Gasteiger partial charge in [-0.1, -0.05) is 0 Å². The zero-order valence-electron chi connectivity index (χ0n) is 5.07. The third kappa shape index (κ3) is 1.33. The number of nitrogens with two attached hydrogens (primary N) is 1. The van der Waals surface area contributed by atoms with E-state index in [-0.39, 0.29) is 5.75 Å². The normalized spacial score (nSPS) is 9.80. The number of nitrogen functional groups attached to an aromatic ring is 1.